The molecule has 0 aliphatic rings. The molecule has 0 fully saturated rings. The molecule has 162 valence electrons. The number of aromatic nitrogens is 2. The van der Waals surface area contributed by atoms with E-state index in [4.69, 9.17) is 4.74 Å². The molecule has 2 aromatic carbocycles. The lowest BCUT2D eigenvalue weighted by atomic mass is 10.1. The van der Waals surface area contributed by atoms with Crippen molar-refractivity contribution in [1.82, 2.24) is 9.55 Å². The van der Waals surface area contributed by atoms with Crippen LogP contribution in [0.2, 0.25) is 0 Å². The monoisotopic (exact) mass is 426 g/mol. The maximum absolute atomic E-state index is 12.8. The van der Waals surface area contributed by atoms with E-state index in [9.17, 15) is 9.59 Å². The Labute approximate surface area is 187 Å². The van der Waals surface area contributed by atoms with Crippen molar-refractivity contribution in [2.24, 2.45) is 0 Å². The quantitative estimate of drug-likeness (QED) is 0.262. The summed E-state index contributed by atoms with van der Waals surface area (Å²) in [5.41, 5.74) is 2.24. The number of carbonyl (C=O) groups is 1. The fourth-order valence-corrected chi connectivity index (χ4v) is 3.81. The summed E-state index contributed by atoms with van der Waals surface area (Å²) in [6.45, 7) is 0. The first-order chi connectivity index (χ1) is 15.7. The number of aryl methyl sites for hydroxylation is 1. The average molecular weight is 427 g/mol. The van der Waals surface area contributed by atoms with Crippen LogP contribution in [0.25, 0.3) is 16.7 Å². The van der Waals surface area contributed by atoms with Crippen molar-refractivity contribution in [3.8, 4) is 11.4 Å². The number of hydrogen-bond acceptors (Lipinski definition) is 4. The Morgan fingerprint density at radius 3 is 2.34 bits per heavy atom. The number of ether oxygens (including phenoxy) is 1. The van der Waals surface area contributed by atoms with Gasteiger partial charge in [-0.05, 0) is 49.1 Å². The molecule has 4 rings (SSSR count). The highest BCUT2D eigenvalue weighted by Crippen LogP contribution is 2.24. The van der Waals surface area contributed by atoms with Crippen LogP contribution < -0.4 is 10.3 Å². The number of para-hydroxylation sites is 1. The molecule has 0 unspecified atom stereocenters. The summed E-state index contributed by atoms with van der Waals surface area (Å²) in [6.07, 6.45) is 6.93. The van der Waals surface area contributed by atoms with E-state index in [0.29, 0.717) is 17.5 Å². The lowest BCUT2D eigenvalue weighted by Gasteiger charge is -2.12. The van der Waals surface area contributed by atoms with Crippen molar-refractivity contribution >= 4 is 17.0 Å². The normalized spacial score (nSPS) is 10.9. The van der Waals surface area contributed by atoms with E-state index >= 15 is 0 Å². The van der Waals surface area contributed by atoms with Gasteiger partial charge in [-0.3, -0.25) is 14.2 Å². The number of rotatable bonds is 9. The zero-order valence-electron chi connectivity index (χ0n) is 17.9. The summed E-state index contributed by atoms with van der Waals surface area (Å²) in [4.78, 5) is 29.6. The van der Waals surface area contributed by atoms with Crippen LogP contribution in [-0.2, 0) is 11.2 Å². The highest BCUT2D eigenvalue weighted by atomic mass is 16.5. The number of benzene rings is 2. The Hall–Kier alpha value is -3.73. The van der Waals surface area contributed by atoms with Gasteiger partial charge in [-0.1, -0.05) is 61.4 Å². The number of carbonyl (C=O) groups excluding carboxylic acids is 1. The molecule has 4 aromatic rings. The number of pyridine rings is 2. The maximum Gasteiger partial charge on any atom is 0.311 e. The Morgan fingerprint density at radius 2 is 1.56 bits per heavy atom. The van der Waals surface area contributed by atoms with Gasteiger partial charge < -0.3 is 4.74 Å². The van der Waals surface area contributed by atoms with Crippen LogP contribution in [-0.4, -0.2) is 15.5 Å². The van der Waals surface area contributed by atoms with Gasteiger partial charge in [0.25, 0.3) is 5.56 Å². The van der Waals surface area contributed by atoms with Crippen molar-refractivity contribution in [3.63, 3.8) is 0 Å². The highest BCUT2D eigenvalue weighted by Gasteiger charge is 2.14. The number of hydrogen-bond donors (Lipinski definition) is 0. The fourth-order valence-electron chi connectivity index (χ4n) is 3.81. The van der Waals surface area contributed by atoms with E-state index < -0.39 is 0 Å². The van der Waals surface area contributed by atoms with E-state index in [1.165, 1.54) is 16.2 Å². The second kappa shape index (κ2) is 10.5. The maximum atomic E-state index is 12.8. The first-order valence-electron chi connectivity index (χ1n) is 11.0. The van der Waals surface area contributed by atoms with Gasteiger partial charge in [0.2, 0.25) is 0 Å². The molecule has 2 heterocycles. The molecule has 5 heteroatoms. The van der Waals surface area contributed by atoms with Gasteiger partial charge in [-0.25, -0.2) is 4.98 Å². The predicted molar refractivity (Wildman–Crippen MR) is 126 cm³/mol. The molecule has 0 aliphatic carbocycles. The van der Waals surface area contributed by atoms with Gasteiger partial charge in [0, 0.05) is 18.7 Å². The van der Waals surface area contributed by atoms with Crippen molar-refractivity contribution < 1.29 is 9.53 Å². The summed E-state index contributed by atoms with van der Waals surface area (Å²) in [7, 11) is 0. The lowest BCUT2D eigenvalue weighted by molar-refractivity contribution is -0.134. The fraction of sp³-hybridized carbons (Fsp3) is 0.222. The average Bonchev–Trinajstić information content (AvgIpc) is 2.82. The number of fused-ring (bicyclic) bond motifs is 1. The minimum absolute atomic E-state index is 0.263. The van der Waals surface area contributed by atoms with Crippen molar-refractivity contribution in [2.45, 2.75) is 38.5 Å². The third-order valence-corrected chi connectivity index (χ3v) is 5.42. The van der Waals surface area contributed by atoms with Crippen LogP contribution in [0, 0.1) is 0 Å². The molecule has 0 radical (unpaired) electrons. The molecular formula is C27H26N2O3. The van der Waals surface area contributed by atoms with Crippen molar-refractivity contribution in [3.05, 3.63) is 101 Å². The minimum atomic E-state index is -0.324. The van der Waals surface area contributed by atoms with Gasteiger partial charge >= 0.3 is 5.97 Å². The number of unbranched alkanes of at least 4 members (excludes halogenated alkanes) is 3. The number of esters is 1. The first-order valence-corrected chi connectivity index (χ1v) is 11.0. The van der Waals surface area contributed by atoms with Crippen molar-refractivity contribution in [1.29, 1.82) is 0 Å². The molecule has 0 saturated heterocycles. The second-order valence-electron chi connectivity index (χ2n) is 7.77. The van der Waals surface area contributed by atoms with Gasteiger partial charge in [0.05, 0.1) is 11.1 Å². The third-order valence-electron chi connectivity index (χ3n) is 5.42. The Kier molecular flexibility index (Phi) is 7.08. The minimum Gasteiger partial charge on any atom is -0.426 e. The smallest absolute Gasteiger partial charge is 0.311 e. The van der Waals surface area contributed by atoms with E-state index in [2.05, 4.69) is 29.2 Å². The van der Waals surface area contributed by atoms with Gasteiger partial charge in [-0.15, -0.1) is 0 Å². The van der Waals surface area contributed by atoms with E-state index in [0.717, 1.165) is 37.8 Å². The molecule has 0 N–H and O–H groups in total. The Morgan fingerprint density at radius 1 is 0.844 bits per heavy atom. The molecule has 0 saturated carbocycles. The van der Waals surface area contributed by atoms with Crippen LogP contribution in [0.1, 0.15) is 37.7 Å². The molecule has 0 bridgehead atoms. The standard InChI is InChI=1S/C27H26N2O3/c30-25-20-24(23-17-11-19-28-27(23)29(25)22-15-8-4-9-16-22)32-26(31)18-10-2-1-5-12-21-13-6-3-7-14-21/h3-4,6-9,11,13-17,19-20H,1-2,5,10,12,18H2. The topological polar surface area (TPSA) is 61.2 Å². The first kappa shape index (κ1) is 21.5. The molecule has 0 aliphatic heterocycles. The highest BCUT2D eigenvalue weighted by molar-refractivity contribution is 5.86. The molecule has 32 heavy (non-hydrogen) atoms. The molecule has 2 aromatic heterocycles. The van der Waals surface area contributed by atoms with E-state index in [1.807, 2.05) is 42.5 Å². The lowest BCUT2D eigenvalue weighted by Crippen LogP contribution is -2.20. The van der Waals surface area contributed by atoms with Crippen LogP contribution >= 0.6 is 0 Å². The summed E-state index contributed by atoms with van der Waals surface area (Å²) >= 11 is 0. The van der Waals surface area contributed by atoms with Crippen LogP contribution in [0.5, 0.6) is 5.75 Å². The second-order valence-corrected chi connectivity index (χ2v) is 7.77. The predicted octanol–water partition coefficient (Wildman–Crippen LogP) is 5.48. The van der Waals surface area contributed by atoms with Gasteiger partial charge in [0.1, 0.15) is 5.75 Å². The Bertz CT molecular complexity index is 1230. The van der Waals surface area contributed by atoms with Gasteiger partial charge in [-0.2, -0.15) is 0 Å². The third kappa shape index (κ3) is 5.30. The molecule has 0 atom stereocenters. The SMILES string of the molecule is O=C(CCCCCCc1ccccc1)Oc1cc(=O)n(-c2ccccc2)c2ncccc12. The zero-order valence-corrected chi connectivity index (χ0v) is 17.9. The molecule has 5 nitrogen and oxygen atoms in total. The molecule has 0 spiro atoms. The van der Waals surface area contributed by atoms with E-state index in [-0.39, 0.29) is 17.3 Å². The molecular weight excluding hydrogens is 400 g/mol. The van der Waals surface area contributed by atoms with Crippen LogP contribution in [0.3, 0.4) is 0 Å². The largest absolute Gasteiger partial charge is 0.426 e. The van der Waals surface area contributed by atoms with Crippen LogP contribution in [0.4, 0.5) is 0 Å². The summed E-state index contributed by atoms with van der Waals surface area (Å²) in [6, 6.07) is 24.7. The molecule has 0 amide bonds. The van der Waals surface area contributed by atoms with E-state index in [1.54, 1.807) is 12.3 Å². The zero-order chi connectivity index (χ0) is 22.2. The summed E-state index contributed by atoms with van der Waals surface area (Å²) < 4.78 is 7.11. The summed E-state index contributed by atoms with van der Waals surface area (Å²) in [5, 5.41) is 0.632. The van der Waals surface area contributed by atoms with Crippen molar-refractivity contribution in [2.75, 3.05) is 0 Å². The van der Waals surface area contributed by atoms with Gasteiger partial charge in [0.15, 0.2) is 5.65 Å². The Balaban J connectivity index is 1.37. The van der Waals surface area contributed by atoms with Crippen LogP contribution in [0.15, 0.2) is 89.9 Å². The number of nitrogens with zero attached hydrogens (tertiary/aromatic N) is 2. The summed E-state index contributed by atoms with van der Waals surface area (Å²) in [5.74, 6) is -0.0607.